The molecule has 0 saturated carbocycles. The number of anilines is 1. The van der Waals surface area contributed by atoms with Crippen LogP contribution in [-0.4, -0.2) is 21.3 Å². The van der Waals surface area contributed by atoms with E-state index < -0.39 is 0 Å². The molecule has 1 amide bonds. The van der Waals surface area contributed by atoms with Crippen LogP contribution >= 0.6 is 11.3 Å². The minimum Gasteiger partial charge on any atom is -0.351 e. The Bertz CT molecular complexity index is 838. The molecule has 22 heavy (non-hydrogen) atoms. The van der Waals surface area contributed by atoms with Gasteiger partial charge in [-0.15, -0.1) is 10.2 Å². The predicted octanol–water partition coefficient (Wildman–Crippen LogP) is 3.37. The number of amides is 1. The van der Waals surface area contributed by atoms with Gasteiger partial charge in [-0.3, -0.25) is 10.1 Å². The van der Waals surface area contributed by atoms with Crippen molar-refractivity contribution in [1.29, 1.82) is 0 Å². The van der Waals surface area contributed by atoms with Crippen molar-refractivity contribution in [2.24, 2.45) is 0 Å². The van der Waals surface area contributed by atoms with Crippen LogP contribution < -0.4 is 5.32 Å². The van der Waals surface area contributed by atoms with Crippen LogP contribution in [0.15, 0.2) is 28.8 Å². The second kappa shape index (κ2) is 5.69. The van der Waals surface area contributed by atoms with Crippen LogP contribution in [0.1, 0.15) is 27.4 Å². The van der Waals surface area contributed by atoms with Gasteiger partial charge in [0, 0.05) is 11.6 Å². The van der Waals surface area contributed by atoms with Crippen LogP contribution in [0.5, 0.6) is 0 Å². The predicted molar refractivity (Wildman–Crippen MR) is 84.0 cm³/mol. The molecule has 0 atom stereocenters. The molecule has 0 unspecified atom stereocenters. The van der Waals surface area contributed by atoms with Gasteiger partial charge in [0.15, 0.2) is 0 Å². The van der Waals surface area contributed by atoms with Crippen molar-refractivity contribution in [1.82, 2.24) is 15.4 Å². The third kappa shape index (κ3) is 2.89. The van der Waals surface area contributed by atoms with Crippen molar-refractivity contribution in [3.63, 3.8) is 0 Å². The van der Waals surface area contributed by atoms with Gasteiger partial charge in [-0.1, -0.05) is 40.3 Å². The summed E-state index contributed by atoms with van der Waals surface area (Å²) >= 11 is 1.32. The van der Waals surface area contributed by atoms with Gasteiger partial charge < -0.3 is 4.52 Å². The third-order valence-corrected chi connectivity index (χ3v) is 3.98. The lowest BCUT2D eigenvalue weighted by Crippen LogP contribution is -2.10. The fourth-order valence-corrected chi connectivity index (χ4v) is 2.89. The lowest BCUT2D eigenvalue weighted by atomic mass is 10.1. The molecule has 3 aromatic rings. The summed E-state index contributed by atoms with van der Waals surface area (Å²) in [6.45, 7) is 5.82. The van der Waals surface area contributed by atoms with Gasteiger partial charge in [-0.05, 0) is 26.3 Å². The van der Waals surface area contributed by atoms with Crippen LogP contribution in [0.2, 0.25) is 0 Å². The number of nitrogens with one attached hydrogen (secondary N) is 1. The maximum atomic E-state index is 12.0. The third-order valence-electron chi connectivity index (χ3n) is 3.11. The summed E-state index contributed by atoms with van der Waals surface area (Å²) in [5.74, 6) is -0.232. The molecule has 0 aliphatic heterocycles. The number of carbonyl (C=O) groups is 1. The smallest absolute Gasteiger partial charge is 0.296 e. The van der Waals surface area contributed by atoms with Gasteiger partial charge in [0.2, 0.25) is 10.9 Å². The zero-order valence-corrected chi connectivity index (χ0v) is 13.2. The van der Waals surface area contributed by atoms with Gasteiger partial charge in [0.05, 0.1) is 5.69 Å². The Morgan fingerprint density at radius 2 is 2.00 bits per heavy atom. The van der Waals surface area contributed by atoms with Crippen LogP contribution in [0.3, 0.4) is 0 Å². The first kappa shape index (κ1) is 14.4. The average molecular weight is 314 g/mol. The summed E-state index contributed by atoms with van der Waals surface area (Å²) in [5, 5.41) is 15.7. The van der Waals surface area contributed by atoms with Crippen LogP contribution in [0.4, 0.5) is 5.13 Å². The summed E-state index contributed by atoms with van der Waals surface area (Å²) in [6, 6.07) is 7.70. The number of rotatable bonds is 3. The van der Waals surface area contributed by atoms with E-state index >= 15 is 0 Å². The molecular weight excluding hydrogens is 300 g/mol. The van der Waals surface area contributed by atoms with E-state index in [2.05, 4.69) is 26.7 Å². The van der Waals surface area contributed by atoms with E-state index in [0.717, 1.165) is 16.1 Å². The Hall–Kier alpha value is -2.54. The minimum absolute atomic E-state index is 0.153. The second-order valence-corrected chi connectivity index (χ2v) is 5.99. The van der Waals surface area contributed by atoms with E-state index in [4.69, 9.17) is 4.52 Å². The summed E-state index contributed by atoms with van der Waals surface area (Å²) < 4.78 is 4.92. The molecule has 6 nitrogen and oxygen atoms in total. The van der Waals surface area contributed by atoms with Crippen molar-refractivity contribution in [2.75, 3.05) is 5.32 Å². The van der Waals surface area contributed by atoms with Crippen molar-refractivity contribution in [3.8, 4) is 10.6 Å². The Kier molecular flexibility index (Phi) is 3.72. The zero-order valence-electron chi connectivity index (χ0n) is 12.4. The zero-order chi connectivity index (χ0) is 15.7. The Balaban J connectivity index is 1.80. The number of aryl methyl sites for hydroxylation is 3. The van der Waals surface area contributed by atoms with Crippen molar-refractivity contribution in [2.45, 2.75) is 20.8 Å². The van der Waals surface area contributed by atoms with E-state index in [1.54, 1.807) is 13.0 Å². The first-order valence-electron chi connectivity index (χ1n) is 6.69. The lowest BCUT2D eigenvalue weighted by molar-refractivity contribution is 0.0988. The summed E-state index contributed by atoms with van der Waals surface area (Å²) in [7, 11) is 0. The standard InChI is InChI=1S/C15H14N4O2S/c1-8-4-5-11(9(2)6-8)14-17-18-15(22-14)16-13(20)12-7-10(3)19-21-12/h4-7H,1-3H3,(H,16,18,20). The molecule has 0 aliphatic carbocycles. The number of nitrogens with zero attached hydrogens (tertiary/aromatic N) is 3. The van der Waals surface area contributed by atoms with Gasteiger partial charge in [-0.2, -0.15) is 0 Å². The summed E-state index contributed by atoms with van der Waals surface area (Å²) in [4.78, 5) is 12.0. The highest BCUT2D eigenvalue weighted by Crippen LogP contribution is 2.29. The topological polar surface area (TPSA) is 80.9 Å². The van der Waals surface area contributed by atoms with Gasteiger partial charge in [-0.25, -0.2) is 0 Å². The van der Waals surface area contributed by atoms with Crippen molar-refractivity contribution in [3.05, 3.63) is 46.8 Å². The number of benzene rings is 1. The average Bonchev–Trinajstić information content (AvgIpc) is 3.08. The molecule has 1 N–H and O–H groups in total. The van der Waals surface area contributed by atoms with Crippen molar-refractivity contribution < 1.29 is 9.32 Å². The normalized spacial score (nSPS) is 10.7. The molecule has 0 saturated heterocycles. The van der Waals surface area contributed by atoms with Crippen LogP contribution in [0, 0.1) is 20.8 Å². The highest BCUT2D eigenvalue weighted by Gasteiger charge is 2.15. The molecule has 0 spiro atoms. The Morgan fingerprint density at radius 3 is 2.68 bits per heavy atom. The Labute approximate surface area is 131 Å². The lowest BCUT2D eigenvalue weighted by Gasteiger charge is -2.02. The molecule has 7 heteroatoms. The van der Waals surface area contributed by atoms with E-state index in [1.165, 1.54) is 16.9 Å². The second-order valence-electron chi connectivity index (χ2n) is 5.02. The molecule has 112 valence electrons. The molecule has 0 aliphatic rings. The number of carbonyl (C=O) groups excluding carboxylic acids is 1. The molecule has 0 bridgehead atoms. The van der Waals surface area contributed by atoms with E-state index in [-0.39, 0.29) is 11.7 Å². The number of aromatic nitrogens is 3. The molecule has 0 fully saturated rings. The monoisotopic (exact) mass is 314 g/mol. The first-order valence-corrected chi connectivity index (χ1v) is 7.50. The molecular formula is C15H14N4O2S. The van der Waals surface area contributed by atoms with E-state index in [9.17, 15) is 4.79 Å². The molecule has 2 heterocycles. The fraction of sp³-hybridized carbons (Fsp3) is 0.200. The van der Waals surface area contributed by atoms with E-state index in [1.807, 2.05) is 26.0 Å². The highest BCUT2D eigenvalue weighted by molar-refractivity contribution is 7.18. The number of hydrogen-bond acceptors (Lipinski definition) is 6. The molecule has 1 aromatic carbocycles. The molecule has 0 radical (unpaired) electrons. The maximum absolute atomic E-state index is 12.0. The molecule has 3 rings (SSSR count). The van der Waals surface area contributed by atoms with Gasteiger partial charge >= 0.3 is 0 Å². The van der Waals surface area contributed by atoms with Crippen LogP contribution in [-0.2, 0) is 0 Å². The highest BCUT2D eigenvalue weighted by atomic mass is 32.1. The minimum atomic E-state index is -0.385. The molecule has 2 aromatic heterocycles. The van der Waals surface area contributed by atoms with Crippen molar-refractivity contribution >= 4 is 22.4 Å². The van der Waals surface area contributed by atoms with Gasteiger partial charge in [0.1, 0.15) is 5.01 Å². The largest absolute Gasteiger partial charge is 0.351 e. The fourth-order valence-electron chi connectivity index (χ4n) is 2.07. The quantitative estimate of drug-likeness (QED) is 0.801. The summed E-state index contributed by atoms with van der Waals surface area (Å²) in [5.41, 5.74) is 3.98. The van der Waals surface area contributed by atoms with E-state index in [0.29, 0.717) is 10.8 Å². The SMILES string of the molecule is Cc1ccc(-c2nnc(NC(=O)c3cc(C)no3)s2)c(C)c1. The number of hydrogen-bond donors (Lipinski definition) is 1. The summed E-state index contributed by atoms with van der Waals surface area (Å²) in [6.07, 6.45) is 0. The Morgan fingerprint density at radius 1 is 1.18 bits per heavy atom. The van der Waals surface area contributed by atoms with Gasteiger partial charge in [0.25, 0.3) is 5.91 Å². The first-order chi connectivity index (χ1) is 10.5. The van der Waals surface area contributed by atoms with Crippen LogP contribution in [0.25, 0.3) is 10.6 Å². The maximum Gasteiger partial charge on any atom is 0.296 e.